The van der Waals surface area contributed by atoms with Gasteiger partial charge in [0.2, 0.25) is 0 Å². The number of anilines is 1. The van der Waals surface area contributed by atoms with E-state index in [0.717, 1.165) is 23.3 Å². The second-order valence-electron chi connectivity index (χ2n) is 9.26. The van der Waals surface area contributed by atoms with Crippen molar-refractivity contribution in [3.05, 3.63) is 30.1 Å². The highest BCUT2D eigenvalue weighted by molar-refractivity contribution is 7.84. The molecular weight excluding hydrogens is 448 g/mol. The van der Waals surface area contributed by atoms with Gasteiger partial charge in [-0.05, 0) is 38.3 Å². The lowest BCUT2D eigenvalue weighted by atomic mass is 10.0. The molecule has 5 N–H and O–H groups in total. The van der Waals surface area contributed by atoms with Crippen molar-refractivity contribution in [1.29, 1.82) is 0 Å². The molecule has 1 aliphatic heterocycles. The average Bonchev–Trinajstić information content (AvgIpc) is 3.39. The zero-order valence-electron chi connectivity index (χ0n) is 18.3. The Morgan fingerprint density at radius 1 is 1.33 bits per heavy atom. The maximum Gasteiger partial charge on any atom is 0.333 e. The molecule has 176 valence electrons. The van der Waals surface area contributed by atoms with Crippen LogP contribution in [0.3, 0.4) is 0 Å². The van der Waals surface area contributed by atoms with Crippen molar-refractivity contribution in [2.24, 2.45) is 11.1 Å². The first kappa shape index (κ1) is 22.0. The number of rotatable bonds is 6. The van der Waals surface area contributed by atoms with Crippen molar-refractivity contribution in [3.8, 4) is 17.1 Å². The Labute approximate surface area is 191 Å². The smallest absolute Gasteiger partial charge is 0.333 e. The minimum atomic E-state index is -4.05. The summed E-state index contributed by atoms with van der Waals surface area (Å²) in [5.74, 6) is 1.65. The zero-order valence-corrected chi connectivity index (χ0v) is 19.1. The van der Waals surface area contributed by atoms with Crippen LogP contribution in [0.15, 0.2) is 24.5 Å². The van der Waals surface area contributed by atoms with Crippen LogP contribution in [0.5, 0.6) is 5.75 Å². The van der Waals surface area contributed by atoms with E-state index in [9.17, 15) is 13.5 Å². The predicted molar refractivity (Wildman–Crippen MR) is 121 cm³/mol. The van der Waals surface area contributed by atoms with Gasteiger partial charge < -0.3 is 20.1 Å². The van der Waals surface area contributed by atoms with E-state index < -0.39 is 16.4 Å². The fourth-order valence-electron chi connectivity index (χ4n) is 4.64. The largest absolute Gasteiger partial charge is 0.486 e. The standard InChI is InChI=1S/C21H26N6O5S/c1-21(2)8-11-4-3-5-14(17(11)32-21)18-26-16-19(23-10-24-20(16)27-18)25-13-6-12(15(28)7-13)9-31-33(22,29)30/h3-5,10,12-13,15,28H,6-9H2,1-2H3,(H2,22,29,30)(H2,23,24,25,26,27). The molecule has 0 radical (unpaired) electrons. The summed E-state index contributed by atoms with van der Waals surface area (Å²) in [5, 5.41) is 18.5. The molecule has 3 atom stereocenters. The van der Waals surface area contributed by atoms with E-state index in [1.165, 1.54) is 6.33 Å². The van der Waals surface area contributed by atoms with E-state index in [-0.39, 0.29) is 24.2 Å². The van der Waals surface area contributed by atoms with Gasteiger partial charge in [0.25, 0.3) is 0 Å². The summed E-state index contributed by atoms with van der Waals surface area (Å²) < 4.78 is 33.0. The normalized spacial score (nSPS) is 24.1. The third-order valence-electron chi connectivity index (χ3n) is 6.08. The molecule has 2 aromatic heterocycles. The lowest BCUT2D eigenvalue weighted by Gasteiger charge is -2.17. The lowest BCUT2D eigenvalue weighted by Crippen LogP contribution is -2.24. The number of nitrogens with two attached hydrogens (primary N) is 1. The minimum absolute atomic E-state index is 0.135. The number of ether oxygens (including phenoxy) is 1. The Hall–Kier alpha value is -2.80. The van der Waals surface area contributed by atoms with Gasteiger partial charge in [0.15, 0.2) is 11.5 Å². The maximum absolute atomic E-state index is 11.1. The number of H-pyrrole nitrogens is 1. The van der Waals surface area contributed by atoms with Crippen LogP contribution in [0.2, 0.25) is 0 Å². The van der Waals surface area contributed by atoms with Gasteiger partial charge in [-0.25, -0.2) is 20.1 Å². The van der Waals surface area contributed by atoms with Crippen molar-refractivity contribution in [3.63, 3.8) is 0 Å². The first-order valence-electron chi connectivity index (χ1n) is 10.7. The molecular formula is C21H26N6O5S. The third-order valence-corrected chi connectivity index (χ3v) is 6.54. The van der Waals surface area contributed by atoms with Gasteiger partial charge >= 0.3 is 10.3 Å². The second-order valence-corrected chi connectivity index (χ2v) is 10.5. The molecule has 1 fully saturated rings. The lowest BCUT2D eigenvalue weighted by molar-refractivity contribution is 0.101. The monoisotopic (exact) mass is 474 g/mol. The first-order chi connectivity index (χ1) is 15.6. The van der Waals surface area contributed by atoms with Crippen LogP contribution in [-0.2, 0) is 20.9 Å². The number of imidazole rings is 1. The van der Waals surface area contributed by atoms with Gasteiger partial charge in [0.1, 0.15) is 29.0 Å². The Bertz CT molecular complexity index is 1310. The number of hydrogen-bond acceptors (Lipinski definition) is 9. The highest BCUT2D eigenvalue weighted by Gasteiger charge is 2.35. The number of fused-ring (bicyclic) bond motifs is 2. The fraction of sp³-hybridized carbons (Fsp3) is 0.476. The van der Waals surface area contributed by atoms with Gasteiger partial charge in [0, 0.05) is 18.4 Å². The topological polar surface area (TPSA) is 165 Å². The molecule has 3 heterocycles. The molecule has 3 aromatic rings. The Balaban J connectivity index is 1.39. The molecule has 1 aromatic carbocycles. The van der Waals surface area contributed by atoms with Crippen molar-refractivity contribution in [2.75, 3.05) is 11.9 Å². The molecule has 5 rings (SSSR count). The Morgan fingerprint density at radius 3 is 2.94 bits per heavy atom. The maximum atomic E-state index is 11.1. The third kappa shape index (κ3) is 4.51. The van der Waals surface area contributed by atoms with Gasteiger partial charge in [-0.1, -0.05) is 12.1 Å². The van der Waals surface area contributed by atoms with E-state index in [2.05, 4.69) is 49.3 Å². The zero-order chi connectivity index (χ0) is 23.4. The van der Waals surface area contributed by atoms with Crippen LogP contribution >= 0.6 is 0 Å². The van der Waals surface area contributed by atoms with Crippen LogP contribution in [0.25, 0.3) is 22.6 Å². The SMILES string of the molecule is CC1(C)Cc2cccc(-c3nc4ncnc(NC5CC(O)C(COS(N)(=O)=O)C5)c4[nH]3)c2O1. The van der Waals surface area contributed by atoms with Gasteiger partial charge in [-0.3, -0.25) is 4.18 Å². The number of para-hydroxylation sites is 1. The minimum Gasteiger partial charge on any atom is -0.486 e. The molecule has 2 aliphatic rings. The molecule has 1 saturated carbocycles. The van der Waals surface area contributed by atoms with Gasteiger partial charge in [-0.2, -0.15) is 8.42 Å². The molecule has 12 heteroatoms. The molecule has 11 nitrogen and oxygen atoms in total. The summed E-state index contributed by atoms with van der Waals surface area (Å²) in [6, 6.07) is 5.87. The molecule has 0 bridgehead atoms. The number of nitrogens with zero attached hydrogens (tertiary/aromatic N) is 3. The Morgan fingerprint density at radius 2 is 2.15 bits per heavy atom. The fourth-order valence-corrected chi connectivity index (χ4v) is 5.01. The number of nitrogens with one attached hydrogen (secondary N) is 2. The van der Waals surface area contributed by atoms with Crippen molar-refractivity contribution in [2.45, 2.75) is 50.9 Å². The van der Waals surface area contributed by atoms with Crippen molar-refractivity contribution >= 4 is 27.3 Å². The summed E-state index contributed by atoms with van der Waals surface area (Å²) >= 11 is 0. The van der Waals surface area contributed by atoms with Crippen LogP contribution in [0.4, 0.5) is 5.82 Å². The number of aromatic amines is 1. The number of benzene rings is 1. The first-order valence-corrected chi connectivity index (χ1v) is 12.2. The van der Waals surface area contributed by atoms with Crippen LogP contribution < -0.4 is 15.2 Å². The van der Waals surface area contributed by atoms with E-state index in [0.29, 0.717) is 35.6 Å². The van der Waals surface area contributed by atoms with Crippen LogP contribution in [-0.4, -0.2) is 57.8 Å². The molecule has 0 spiro atoms. The molecule has 33 heavy (non-hydrogen) atoms. The number of aliphatic hydroxyl groups is 1. The second kappa shape index (κ2) is 7.90. The van der Waals surface area contributed by atoms with E-state index >= 15 is 0 Å². The quantitative estimate of drug-likeness (QED) is 0.414. The number of hydrogen-bond donors (Lipinski definition) is 4. The highest BCUT2D eigenvalue weighted by Crippen LogP contribution is 2.42. The molecule has 0 amide bonds. The molecule has 0 saturated heterocycles. The van der Waals surface area contributed by atoms with Gasteiger partial charge in [0.05, 0.1) is 18.3 Å². The van der Waals surface area contributed by atoms with Crippen molar-refractivity contribution < 1.29 is 22.4 Å². The Kier molecular flexibility index (Phi) is 5.27. The van der Waals surface area contributed by atoms with E-state index in [1.54, 1.807) is 0 Å². The number of aromatic nitrogens is 4. The summed E-state index contributed by atoms with van der Waals surface area (Å²) in [4.78, 5) is 16.6. The number of aliphatic hydroxyl groups excluding tert-OH is 1. The van der Waals surface area contributed by atoms with Crippen LogP contribution in [0.1, 0.15) is 32.3 Å². The molecule has 1 aliphatic carbocycles. The average molecular weight is 475 g/mol. The summed E-state index contributed by atoms with van der Waals surface area (Å²) in [6.07, 6.45) is 2.45. The predicted octanol–water partition coefficient (Wildman–Crippen LogP) is 1.50. The summed E-state index contributed by atoms with van der Waals surface area (Å²) in [5.41, 5.74) is 2.86. The van der Waals surface area contributed by atoms with E-state index in [4.69, 9.17) is 9.88 Å². The van der Waals surface area contributed by atoms with Crippen LogP contribution in [0, 0.1) is 5.92 Å². The highest BCUT2D eigenvalue weighted by atomic mass is 32.2. The van der Waals surface area contributed by atoms with Crippen molar-refractivity contribution in [1.82, 2.24) is 19.9 Å². The summed E-state index contributed by atoms with van der Waals surface area (Å²) in [7, 11) is -4.05. The molecule has 3 unspecified atom stereocenters. The summed E-state index contributed by atoms with van der Waals surface area (Å²) in [6.45, 7) is 3.95. The van der Waals surface area contributed by atoms with Gasteiger partial charge in [-0.15, -0.1) is 0 Å². The van der Waals surface area contributed by atoms with E-state index in [1.807, 2.05) is 12.1 Å².